The Kier molecular flexibility index (Phi) is 6.64. The van der Waals surface area contributed by atoms with Gasteiger partial charge in [0.05, 0.1) is 5.71 Å². The molecule has 1 aromatic heterocycles. The lowest BCUT2D eigenvalue weighted by atomic mass is 10.1. The molecular formula is C18H19F2N5O2. The van der Waals surface area contributed by atoms with Crippen molar-refractivity contribution in [3.8, 4) is 5.88 Å². The van der Waals surface area contributed by atoms with Crippen LogP contribution in [-0.2, 0) is 17.4 Å². The molecule has 1 aromatic carbocycles. The lowest BCUT2D eigenvalue weighted by Crippen LogP contribution is -2.08. The molecule has 0 saturated carbocycles. The quantitative estimate of drug-likeness (QED) is 0.307. The van der Waals surface area contributed by atoms with Crippen molar-refractivity contribution in [2.45, 2.75) is 26.4 Å². The number of nitrogens with one attached hydrogen (secondary N) is 2. The number of rotatable bonds is 8. The van der Waals surface area contributed by atoms with E-state index in [2.05, 4.69) is 15.3 Å². The molecule has 0 aliphatic carbocycles. The van der Waals surface area contributed by atoms with E-state index in [1.165, 1.54) is 18.3 Å². The maximum atomic E-state index is 13.2. The van der Waals surface area contributed by atoms with Crippen LogP contribution in [-0.4, -0.2) is 23.1 Å². The van der Waals surface area contributed by atoms with E-state index >= 15 is 0 Å². The first-order valence-corrected chi connectivity index (χ1v) is 7.97. The van der Waals surface area contributed by atoms with Gasteiger partial charge in [0.15, 0.2) is 12.4 Å². The zero-order valence-corrected chi connectivity index (χ0v) is 14.9. The largest absolute Gasteiger partial charge is 0.469 e. The summed E-state index contributed by atoms with van der Waals surface area (Å²) in [6.45, 7) is 2.62. The molecule has 0 fully saturated rings. The monoisotopic (exact) mass is 375 g/mol. The molecule has 2 aromatic rings. The first kappa shape index (κ1) is 20.1. The van der Waals surface area contributed by atoms with Gasteiger partial charge in [-0.25, -0.2) is 19.3 Å². The number of hydrogen-bond donors (Lipinski definition) is 2. The van der Waals surface area contributed by atoms with Gasteiger partial charge in [0.1, 0.15) is 6.61 Å². The summed E-state index contributed by atoms with van der Waals surface area (Å²) in [5.41, 5.74) is 8.64. The Morgan fingerprint density at radius 1 is 1.19 bits per heavy atom. The smallest absolute Gasteiger partial charge is 0.270 e. The topological polar surface area (TPSA) is 104 Å². The molecule has 9 heteroatoms. The van der Waals surface area contributed by atoms with Gasteiger partial charge in [0.25, 0.3) is 5.92 Å². The number of alkyl halides is 2. The highest BCUT2D eigenvalue weighted by molar-refractivity contribution is 5.98. The number of aromatic nitrogens is 1. The third kappa shape index (κ3) is 6.21. The van der Waals surface area contributed by atoms with Crippen LogP contribution in [0.2, 0.25) is 0 Å². The second-order valence-electron chi connectivity index (χ2n) is 5.77. The molecule has 0 aliphatic rings. The fourth-order valence-electron chi connectivity index (χ4n) is 2.00. The fraction of sp³-hybridized carbons (Fsp3) is 0.278. The van der Waals surface area contributed by atoms with E-state index in [4.69, 9.17) is 20.5 Å². The van der Waals surface area contributed by atoms with Crippen molar-refractivity contribution in [3.05, 3.63) is 59.3 Å². The van der Waals surface area contributed by atoms with Crippen LogP contribution in [0.1, 0.15) is 30.5 Å². The molecule has 0 radical (unpaired) electrons. The SMILES string of the molecule is C/C(=N\OCc1ccc(C(C)(F)F)cc1)c1ccc(OCC(=N)N=N)nc1. The Morgan fingerprint density at radius 2 is 1.89 bits per heavy atom. The standard InChI is InChI=1S/C18H19F2N5O2/c1-12(14-5-8-17(23-9-14)26-11-16(21)24-22)25-27-10-13-3-6-15(7-4-13)18(2,19)20/h3-9,21-22H,10-11H2,1-2H3/b21-16?,24-22?,25-12+. The number of hydrogen-bond acceptors (Lipinski definition) is 6. The number of halogens is 2. The number of amidine groups is 1. The van der Waals surface area contributed by atoms with Crippen molar-refractivity contribution in [1.29, 1.82) is 10.9 Å². The summed E-state index contributed by atoms with van der Waals surface area (Å²) in [5, 5.41) is 14.1. The van der Waals surface area contributed by atoms with E-state index in [-0.39, 0.29) is 24.6 Å². The van der Waals surface area contributed by atoms with Gasteiger partial charge in [-0.1, -0.05) is 29.4 Å². The molecule has 0 unspecified atom stereocenters. The minimum absolute atomic E-state index is 0.0501. The van der Waals surface area contributed by atoms with E-state index in [0.717, 1.165) is 12.5 Å². The lowest BCUT2D eigenvalue weighted by Gasteiger charge is -2.10. The first-order valence-electron chi connectivity index (χ1n) is 7.97. The van der Waals surface area contributed by atoms with Gasteiger partial charge in [-0.05, 0) is 18.6 Å². The summed E-state index contributed by atoms with van der Waals surface area (Å²) < 4.78 is 31.5. The number of pyridine rings is 1. The Labute approximate surface area is 155 Å². The molecule has 0 spiro atoms. The van der Waals surface area contributed by atoms with Crippen LogP contribution >= 0.6 is 0 Å². The second-order valence-corrected chi connectivity index (χ2v) is 5.77. The summed E-state index contributed by atoms with van der Waals surface area (Å²) in [5.74, 6) is -2.77. The van der Waals surface area contributed by atoms with Crippen LogP contribution < -0.4 is 4.74 Å². The number of ether oxygens (including phenoxy) is 1. The van der Waals surface area contributed by atoms with Crippen molar-refractivity contribution >= 4 is 11.5 Å². The van der Waals surface area contributed by atoms with Gasteiger partial charge < -0.3 is 9.57 Å². The molecule has 1 heterocycles. The van der Waals surface area contributed by atoms with Gasteiger partial charge in [-0.2, -0.15) is 0 Å². The molecule has 0 atom stereocenters. The van der Waals surface area contributed by atoms with Gasteiger partial charge in [0.2, 0.25) is 5.88 Å². The predicted octanol–water partition coefficient (Wildman–Crippen LogP) is 4.52. The lowest BCUT2D eigenvalue weighted by molar-refractivity contribution is 0.0174. The molecule has 2 rings (SSSR count). The van der Waals surface area contributed by atoms with Gasteiger partial charge >= 0.3 is 0 Å². The highest BCUT2D eigenvalue weighted by atomic mass is 19.3. The summed E-state index contributed by atoms with van der Waals surface area (Å²) >= 11 is 0. The predicted molar refractivity (Wildman–Crippen MR) is 95.6 cm³/mol. The van der Waals surface area contributed by atoms with E-state index in [1.54, 1.807) is 31.2 Å². The molecule has 2 N–H and O–H groups in total. The van der Waals surface area contributed by atoms with Crippen molar-refractivity contribution in [3.63, 3.8) is 0 Å². The Morgan fingerprint density at radius 3 is 2.44 bits per heavy atom. The van der Waals surface area contributed by atoms with E-state index in [9.17, 15) is 8.78 Å². The van der Waals surface area contributed by atoms with Crippen molar-refractivity contribution < 1.29 is 18.4 Å². The fourth-order valence-corrected chi connectivity index (χ4v) is 2.00. The summed E-state index contributed by atoms with van der Waals surface area (Å²) in [4.78, 5) is 9.34. The van der Waals surface area contributed by atoms with Gasteiger partial charge in [0, 0.05) is 30.3 Å². The number of oxime groups is 1. The highest BCUT2D eigenvalue weighted by Crippen LogP contribution is 2.26. The maximum absolute atomic E-state index is 13.2. The second kappa shape index (κ2) is 8.93. The van der Waals surface area contributed by atoms with Gasteiger partial charge in [-0.15, -0.1) is 5.11 Å². The minimum Gasteiger partial charge on any atom is -0.469 e. The average Bonchev–Trinajstić information content (AvgIpc) is 2.66. The molecule has 27 heavy (non-hydrogen) atoms. The van der Waals surface area contributed by atoms with Crippen LogP contribution in [0.4, 0.5) is 8.78 Å². The first-order chi connectivity index (χ1) is 12.8. The van der Waals surface area contributed by atoms with E-state index < -0.39 is 5.92 Å². The molecule has 142 valence electrons. The molecular weight excluding hydrogens is 356 g/mol. The zero-order valence-electron chi connectivity index (χ0n) is 14.9. The van der Waals surface area contributed by atoms with Crippen LogP contribution in [0.5, 0.6) is 5.88 Å². The highest BCUT2D eigenvalue weighted by Gasteiger charge is 2.23. The van der Waals surface area contributed by atoms with Crippen LogP contribution in [0.3, 0.4) is 0 Å². The van der Waals surface area contributed by atoms with Gasteiger partial charge in [-0.3, -0.25) is 5.41 Å². The average molecular weight is 375 g/mol. The Balaban J connectivity index is 1.89. The van der Waals surface area contributed by atoms with E-state index in [1.807, 2.05) is 0 Å². The van der Waals surface area contributed by atoms with Crippen LogP contribution in [0.25, 0.3) is 0 Å². The van der Waals surface area contributed by atoms with Crippen molar-refractivity contribution in [1.82, 2.24) is 4.98 Å². The maximum Gasteiger partial charge on any atom is 0.270 e. The van der Waals surface area contributed by atoms with Crippen molar-refractivity contribution in [2.75, 3.05) is 6.61 Å². The Hall–Kier alpha value is -3.23. The summed E-state index contributed by atoms with van der Waals surface area (Å²) in [7, 11) is 0. The normalized spacial score (nSPS) is 11.8. The van der Waals surface area contributed by atoms with E-state index in [0.29, 0.717) is 17.2 Å². The molecule has 0 bridgehead atoms. The van der Waals surface area contributed by atoms with Crippen LogP contribution in [0.15, 0.2) is 52.9 Å². The summed E-state index contributed by atoms with van der Waals surface area (Å²) in [6, 6.07) is 9.22. The zero-order chi connectivity index (χ0) is 19.9. The molecule has 0 amide bonds. The number of benzene rings is 1. The van der Waals surface area contributed by atoms with Crippen molar-refractivity contribution in [2.24, 2.45) is 10.3 Å². The summed E-state index contributed by atoms with van der Waals surface area (Å²) in [6.07, 6.45) is 1.54. The molecule has 0 saturated heterocycles. The Bertz CT molecular complexity index is 815. The van der Waals surface area contributed by atoms with Crippen LogP contribution in [0, 0.1) is 10.9 Å². The molecule has 0 aliphatic heterocycles. The number of nitrogens with zero attached hydrogens (tertiary/aromatic N) is 3. The third-order valence-electron chi connectivity index (χ3n) is 3.54. The third-order valence-corrected chi connectivity index (χ3v) is 3.54. The minimum atomic E-state index is -2.87. The molecule has 7 nitrogen and oxygen atoms in total.